The minimum absolute atomic E-state index is 0.123. The van der Waals surface area contributed by atoms with E-state index in [9.17, 15) is 9.59 Å². The first kappa shape index (κ1) is 22.6. The molecule has 3 aromatic heterocycles. The van der Waals surface area contributed by atoms with E-state index in [2.05, 4.69) is 25.7 Å². The molecule has 0 aliphatic carbocycles. The summed E-state index contributed by atoms with van der Waals surface area (Å²) in [5.74, 6) is -0.0351. The molecule has 2 N–H and O–H groups in total. The number of carbonyl (C=O) groups excluding carboxylic acids is 2. The molecule has 1 amide bonds. The monoisotopic (exact) mass is 482 g/mol. The van der Waals surface area contributed by atoms with Crippen LogP contribution in [-0.2, 0) is 4.74 Å². The van der Waals surface area contributed by atoms with Gasteiger partial charge in [-0.15, -0.1) is 11.3 Å². The molecule has 10 nitrogen and oxygen atoms in total. The van der Waals surface area contributed by atoms with Crippen LogP contribution in [0.5, 0.6) is 5.88 Å². The summed E-state index contributed by atoms with van der Waals surface area (Å²) < 4.78 is 13.1. The third-order valence-electron chi connectivity index (χ3n) is 5.82. The number of rotatable bonds is 1. The van der Waals surface area contributed by atoms with Crippen LogP contribution >= 0.6 is 11.3 Å². The molecule has 0 aromatic carbocycles. The third kappa shape index (κ3) is 5.16. The molecule has 4 bridgehead atoms. The summed E-state index contributed by atoms with van der Waals surface area (Å²) in [6.45, 7) is 2.97. The molecule has 2 aliphatic rings. The van der Waals surface area contributed by atoms with Crippen molar-refractivity contribution in [2.45, 2.75) is 31.7 Å². The molecular formula is C23H26N6O4S. The van der Waals surface area contributed by atoms with Crippen LogP contribution in [-0.4, -0.2) is 64.3 Å². The van der Waals surface area contributed by atoms with E-state index in [-0.39, 0.29) is 35.5 Å². The van der Waals surface area contributed by atoms with E-state index in [1.165, 1.54) is 11.3 Å². The number of nitrogens with one attached hydrogen (secondary N) is 2. The van der Waals surface area contributed by atoms with E-state index in [1.807, 2.05) is 10.7 Å². The molecule has 0 atom stereocenters. The molecule has 34 heavy (non-hydrogen) atoms. The normalized spacial score (nSPS) is 18.4. The van der Waals surface area contributed by atoms with Crippen molar-refractivity contribution in [3.05, 3.63) is 41.3 Å². The van der Waals surface area contributed by atoms with Crippen molar-refractivity contribution in [3.8, 4) is 16.5 Å². The van der Waals surface area contributed by atoms with E-state index in [0.717, 1.165) is 31.5 Å². The van der Waals surface area contributed by atoms with Gasteiger partial charge in [-0.1, -0.05) is 0 Å². The molecule has 2 aliphatic heterocycles. The highest BCUT2D eigenvalue weighted by atomic mass is 32.1. The Balaban J connectivity index is 1.44. The number of carbonyl (C=O) groups is 2. The number of hydrogen-bond donors (Lipinski definition) is 2. The number of hydrogen-bond acceptors (Lipinski definition) is 9. The number of piperidine rings is 1. The Labute approximate surface area is 200 Å². The number of anilines is 1. The Morgan fingerprint density at radius 2 is 2.03 bits per heavy atom. The molecule has 178 valence electrons. The number of amides is 1. The van der Waals surface area contributed by atoms with Crippen molar-refractivity contribution >= 4 is 28.7 Å². The quantitative estimate of drug-likeness (QED) is 0.543. The Morgan fingerprint density at radius 3 is 2.91 bits per heavy atom. The molecule has 0 spiro atoms. The van der Waals surface area contributed by atoms with Gasteiger partial charge >= 0.3 is 0 Å². The number of thiazole rings is 1. The highest BCUT2D eigenvalue weighted by Gasteiger charge is 2.24. The van der Waals surface area contributed by atoms with Crippen LogP contribution in [0.4, 0.5) is 5.69 Å². The van der Waals surface area contributed by atoms with Crippen molar-refractivity contribution in [2.24, 2.45) is 0 Å². The van der Waals surface area contributed by atoms with Crippen LogP contribution in [0.2, 0.25) is 0 Å². The summed E-state index contributed by atoms with van der Waals surface area (Å²) in [5.41, 5.74) is 1.79. The summed E-state index contributed by atoms with van der Waals surface area (Å²) in [6, 6.07) is 3.81. The number of ether oxygens (including phenoxy) is 2. The van der Waals surface area contributed by atoms with Gasteiger partial charge < -0.3 is 20.1 Å². The summed E-state index contributed by atoms with van der Waals surface area (Å²) in [6.07, 6.45) is 6.09. The number of pyridine rings is 1. The topological polar surface area (TPSA) is 120 Å². The summed E-state index contributed by atoms with van der Waals surface area (Å²) >= 11 is 1.36. The van der Waals surface area contributed by atoms with Gasteiger partial charge in [-0.25, -0.2) is 9.97 Å². The van der Waals surface area contributed by atoms with Crippen LogP contribution in [0.25, 0.3) is 10.6 Å². The standard InChI is InChI=1S/C23H26N6O4S/c30-19-2-1-9-32-10-11-33-20-12-15(3-8-25-20)23-27-18(14-34-23)22(31)26-17-13-29(28-21(17)19)16-4-6-24-7-5-16/h3,8,12-14,16,24H,1-2,4-7,9-11H2,(H,26,31). The van der Waals surface area contributed by atoms with E-state index >= 15 is 0 Å². The van der Waals surface area contributed by atoms with Gasteiger partial charge in [-0.05, 0) is 38.4 Å². The molecule has 11 heteroatoms. The lowest BCUT2D eigenvalue weighted by molar-refractivity contribution is 0.0861. The second-order valence-corrected chi connectivity index (χ2v) is 9.07. The molecule has 0 unspecified atom stereocenters. The van der Waals surface area contributed by atoms with Crippen LogP contribution in [0.3, 0.4) is 0 Å². The zero-order valence-electron chi connectivity index (χ0n) is 18.7. The average molecular weight is 483 g/mol. The van der Waals surface area contributed by atoms with Gasteiger partial charge in [-0.2, -0.15) is 5.10 Å². The van der Waals surface area contributed by atoms with Gasteiger partial charge in [0, 0.05) is 42.4 Å². The lowest BCUT2D eigenvalue weighted by atomic mass is 10.1. The van der Waals surface area contributed by atoms with Crippen LogP contribution in [0.15, 0.2) is 29.9 Å². The second-order valence-electron chi connectivity index (χ2n) is 8.21. The van der Waals surface area contributed by atoms with Crippen LogP contribution in [0, 0.1) is 0 Å². The SMILES string of the molecule is O=C1Nc2cn(C3CCNCC3)nc2C(=O)CCCOCCOc2cc(ccn2)-c2nc1cs2. The maximum absolute atomic E-state index is 13.0. The van der Waals surface area contributed by atoms with E-state index < -0.39 is 0 Å². The van der Waals surface area contributed by atoms with Gasteiger partial charge in [0.25, 0.3) is 5.91 Å². The summed E-state index contributed by atoms with van der Waals surface area (Å²) in [7, 11) is 0. The molecule has 0 radical (unpaired) electrons. The van der Waals surface area contributed by atoms with Gasteiger partial charge in [0.2, 0.25) is 5.88 Å². The van der Waals surface area contributed by atoms with Gasteiger partial charge in [0.05, 0.1) is 18.3 Å². The zero-order chi connectivity index (χ0) is 23.3. The van der Waals surface area contributed by atoms with Crippen LogP contribution < -0.4 is 15.4 Å². The minimum atomic E-state index is -0.378. The fourth-order valence-corrected chi connectivity index (χ4v) is 4.82. The number of fused-ring (bicyclic) bond motifs is 6. The first-order chi connectivity index (χ1) is 16.7. The maximum Gasteiger partial charge on any atom is 0.275 e. The molecule has 1 saturated heterocycles. The second kappa shape index (κ2) is 10.4. The minimum Gasteiger partial charge on any atom is -0.475 e. The Hall–Kier alpha value is -3.15. The largest absolute Gasteiger partial charge is 0.475 e. The lowest BCUT2D eigenvalue weighted by Crippen LogP contribution is -2.29. The summed E-state index contributed by atoms with van der Waals surface area (Å²) in [5, 5.41) is 13.2. The van der Waals surface area contributed by atoms with E-state index in [4.69, 9.17) is 9.47 Å². The Kier molecular flexibility index (Phi) is 6.93. The van der Waals surface area contributed by atoms with Gasteiger partial charge in [0.15, 0.2) is 11.5 Å². The molecule has 1 fully saturated rings. The van der Waals surface area contributed by atoms with Crippen molar-refractivity contribution < 1.29 is 19.1 Å². The molecule has 5 heterocycles. The summed E-state index contributed by atoms with van der Waals surface area (Å²) in [4.78, 5) is 34.7. The van der Waals surface area contributed by atoms with Crippen molar-refractivity contribution in [1.29, 1.82) is 0 Å². The third-order valence-corrected chi connectivity index (χ3v) is 6.71. The Bertz CT molecular complexity index is 1170. The molecule has 5 rings (SSSR count). The highest BCUT2D eigenvalue weighted by molar-refractivity contribution is 7.13. The number of nitrogens with zero attached hydrogens (tertiary/aromatic N) is 4. The number of aromatic nitrogens is 4. The predicted octanol–water partition coefficient (Wildman–Crippen LogP) is 2.95. The fraction of sp³-hybridized carbons (Fsp3) is 0.435. The van der Waals surface area contributed by atoms with Crippen molar-refractivity contribution in [2.75, 3.05) is 38.2 Å². The average Bonchev–Trinajstić information content (AvgIpc) is 3.52. The first-order valence-electron chi connectivity index (χ1n) is 11.4. The first-order valence-corrected chi connectivity index (χ1v) is 12.3. The fourth-order valence-electron chi connectivity index (χ4n) is 4.03. The highest BCUT2D eigenvalue weighted by Crippen LogP contribution is 2.28. The smallest absolute Gasteiger partial charge is 0.275 e. The lowest BCUT2D eigenvalue weighted by Gasteiger charge is -2.22. The maximum atomic E-state index is 13.0. The Morgan fingerprint density at radius 1 is 1.15 bits per heavy atom. The van der Waals surface area contributed by atoms with E-state index in [0.29, 0.717) is 42.8 Å². The molecule has 0 saturated carbocycles. The van der Waals surface area contributed by atoms with Gasteiger partial charge in [-0.3, -0.25) is 14.3 Å². The number of Topliss-reactive ketones (excluding diaryl/α,β-unsaturated/α-hetero) is 1. The predicted molar refractivity (Wildman–Crippen MR) is 127 cm³/mol. The molecular weight excluding hydrogens is 456 g/mol. The van der Waals surface area contributed by atoms with Gasteiger partial charge in [0.1, 0.15) is 17.3 Å². The van der Waals surface area contributed by atoms with Crippen LogP contribution in [0.1, 0.15) is 52.7 Å². The zero-order valence-corrected chi connectivity index (χ0v) is 19.5. The molecule has 3 aromatic rings. The van der Waals surface area contributed by atoms with Crippen molar-refractivity contribution in [1.82, 2.24) is 25.1 Å². The van der Waals surface area contributed by atoms with E-state index in [1.54, 1.807) is 23.8 Å². The number of ketones is 1. The van der Waals surface area contributed by atoms with Crippen molar-refractivity contribution in [3.63, 3.8) is 0 Å².